The molecule has 0 amide bonds. The van der Waals surface area contributed by atoms with Crippen molar-refractivity contribution in [3.8, 4) is 0 Å². The third-order valence-corrected chi connectivity index (χ3v) is 20.1. The molecule has 0 spiro atoms. The van der Waals surface area contributed by atoms with E-state index in [1.165, 1.54) is 0 Å². The summed E-state index contributed by atoms with van der Waals surface area (Å²) in [5.74, 6) is -0.274. The van der Waals surface area contributed by atoms with E-state index in [0.717, 1.165) is 24.8 Å². The lowest BCUT2D eigenvalue weighted by Crippen LogP contribution is -2.66. The van der Waals surface area contributed by atoms with Gasteiger partial charge in [0.1, 0.15) is 91.6 Å². The first-order chi connectivity index (χ1) is 35.3. The average Bonchev–Trinajstić information content (AvgIpc) is 3.79. The Hall–Kier alpha value is -1.18. The number of rotatable bonds is 16. The molecular formula is C52H88O23. The summed E-state index contributed by atoms with van der Waals surface area (Å²) < 4.78 is 48.5. The molecule has 0 bridgehead atoms. The molecule has 8 rings (SSSR count). The van der Waals surface area contributed by atoms with E-state index in [0.29, 0.717) is 38.5 Å². The molecule has 8 fully saturated rings. The quantitative estimate of drug-likeness (QED) is 0.0542. The summed E-state index contributed by atoms with van der Waals surface area (Å²) >= 11 is 0. The van der Waals surface area contributed by atoms with Gasteiger partial charge < -0.3 is 114 Å². The normalized spacial score (nSPS) is 52.1. The fourth-order valence-corrected chi connectivity index (χ4v) is 15.3. The maximum Gasteiger partial charge on any atom is 0.187 e. The lowest BCUT2D eigenvalue weighted by atomic mass is 9.39. The van der Waals surface area contributed by atoms with Gasteiger partial charge in [-0.15, -0.1) is 0 Å². The molecule has 4 aliphatic heterocycles. The van der Waals surface area contributed by atoms with Gasteiger partial charge in [-0.3, -0.25) is 0 Å². The molecule has 8 aliphatic rings. The number of aliphatic hydroxyl groups excluding tert-OH is 15. The van der Waals surface area contributed by atoms with Crippen LogP contribution in [0.3, 0.4) is 0 Å². The molecule has 4 aliphatic carbocycles. The van der Waals surface area contributed by atoms with Crippen molar-refractivity contribution < 1.29 is 114 Å². The summed E-state index contributed by atoms with van der Waals surface area (Å²) in [4.78, 5) is 0. The summed E-state index contributed by atoms with van der Waals surface area (Å²) in [7, 11) is 0. The van der Waals surface area contributed by atoms with Gasteiger partial charge in [-0.2, -0.15) is 0 Å². The Morgan fingerprint density at radius 3 is 1.84 bits per heavy atom. The Labute approximate surface area is 437 Å². The first-order valence-electron chi connectivity index (χ1n) is 27.1. The van der Waals surface area contributed by atoms with Crippen molar-refractivity contribution in [1.82, 2.24) is 0 Å². The second kappa shape index (κ2) is 23.4. The molecule has 23 nitrogen and oxygen atoms in total. The topological polar surface area (TPSA) is 377 Å². The highest BCUT2D eigenvalue weighted by atomic mass is 16.8. The summed E-state index contributed by atoms with van der Waals surface area (Å²) in [6, 6.07) is 0. The van der Waals surface area contributed by atoms with Crippen LogP contribution in [0, 0.1) is 45.8 Å². The number of hydrogen-bond donors (Lipinski definition) is 15. The van der Waals surface area contributed by atoms with Gasteiger partial charge in [0.2, 0.25) is 0 Å². The van der Waals surface area contributed by atoms with Crippen LogP contribution in [0.2, 0.25) is 0 Å². The molecule has 4 saturated carbocycles. The van der Waals surface area contributed by atoms with Crippen LogP contribution in [0.25, 0.3) is 0 Å². The minimum absolute atomic E-state index is 0.0784. The molecule has 4 heterocycles. The number of allylic oxidation sites excluding steroid dienone is 1. The largest absolute Gasteiger partial charge is 0.394 e. The Kier molecular flexibility index (Phi) is 18.7. The Balaban J connectivity index is 0.999. The van der Waals surface area contributed by atoms with Crippen LogP contribution < -0.4 is 0 Å². The van der Waals surface area contributed by atoms with Crippen LogP contribution in [-0.4, -0.2) is 244 Å². The molecule has 29 atom stereocenters. The predicted molar refractivity (Wildman–Crippen MR) is 257 cm³/mol. The van der Waals surface area contributed by atoms with Crippen LogP contribution in [0.5, 0.6) is 0 Å². The third kappa shape index (κ3) is 10.9. The fourth-order valence-electron chi connectivity index (χ4n) is 15.3. The molecule has 0 aromatic rings. The SMILES string of the molecule is C/C(=C\CC[C@](C)(O[C@@H]1O[C@H](CO[C@H]2OC[C@@H](O)[C@H](O)[C@H]2O)[C@@H](O)[C@H](O)[C@H]1O)[C@H]1CC[C@]2(C)[C@@H]1[C@H](O)C[C@@H]1[C@@H]3CC[C@@H](O[C@@H]4O[C@H](CO)[C@@H](O)[C@H](O)[C@H]4O[C@@H]4O[C@H](CO)[C@@H](O)[C@H](O)[C@H]4O)C(C)(C)[C@H]3CC[C@]12C)CO. The number of fused-ring (bicyclic) bond motifs is 5. The molecule has 0 radical (unpaired) electrons. The minimum Gasteiger partial charge on any atom is -0.394 e. The van der Waals surface area contributed by atoms with E-state index in [1.54, 1.807) is 0 Å². The van der Waals surface area contributed by atoms with E-state index < -0.39 is 165 Å². The zero-order valence-corrected chi connectivity index (χ0v) is 44.0. The van der Waals surface area contributed by atoms with Crippen molar-refractivity contribution in [2.45, 2.75) is 234 Å². The van der Waals surface area contributed by atoms with Crippen molar-refractivity contribution in [1.29, 1.82) is 0 Å². The van der Waals surface area contributed by atoms with Gasteiger partial charge in [0, 0.05) is 0 Å². The highest BCUT2D eigenvalue weighted by molar-refractivity contribution is 5.18. The monoisotopic (exact) mass is 1080 g/mol. The van der Waals surface area contributed by atoms with Crippen LogP contribution in [-0.2, 0) is 37.9 Å². The highest BCUT2D eigenvalue weighted by Gasteiger charge is 2.70. The molecule has 75 heavy (non-hydrogen) atoms. The van der Waals surface area contributed by atoms with Gasteiger partial charge in [0.05, 0.1) is 50.8 Å². The van der Waals surface area contributed by atoms with Gasteiger partial charge in [-0.25, -0.2) is 0 Å². The molecule has 0 aromatic heterocycles. The Bertz CT molecular complexity index is 1910. The van der Waals surface area contributed by atoms with Crippen molar-refractivity contribution in [3.63, 3.8) is 0 Å². The standard InChI is InChI=1S/C52H88O23/c1-22(17-53)8-7-13-52(6,75-47-43(67)39(63)37(61)31(72-47)21-69-45-41(65)34(58)28(57)20-68-45)25-12-15-51(5)33(25)27(56)16-26-23-9-10-32(49(2,3)24(23)11-14-50(26,51)4)73-48-44(40(64)36(60)30(19-55)71-48)74-46-42(66)38(62)35(59)29(18-54)70-46/h8,23-48,53-67H,7,9-21H2,1-6H3/b22-8+/t23-,24+,25+,26-,27-,28-,29-,30-,31-,32-,33+,34+,35-,36-,37-,38+,39+,40+,41-,42-,43-,44-,45-,46+,47+,48+,50-,51-,52+/m1/s1. The van der Waals surface area contributed by atoms with Crippen LogP contribution in [0.1, 0.15) is 99.3 Å². The molecule has 4 saturated heterocycles. The summed E-state index contributed by atoms with van der Waals surface area (Å²) in [6.07, 6.45) is -23.4. The maximum absolute atomic E-state index is 12.7. The average molecular weight is 1080 g/mol. The predicted octanol–water partition coefficient (Wildman–Crippen LogP) is -2.98. The maximum atomic E-state index is 12.7. The Morgan fingerprint density at radius 2 is 1.19 bits per heavy atom. The van der Waals surface area contributed by atoms with Gasteiger partial charge >= 0.3 is 0 Å². The first kappa shape index (κ1) is 59.9. The lowest BCUT2D eigenvalue weighted by Gasteiger charge is -2.67. The molecular weight excluding hydrogens is 993 g/mol. The highest BCUT2D eigenvalue weighted by Crippen LogP contribution is 2.73. The van der Waals surface area contributed by atoms with Gasteiger partial charge in [-0.1, -0.05) is 39.3 Å². The van der Waals surface area contributed by atoms with E-state index >= 15 is 0 Å². The molecule has 0 unspecified atom stereocenters. The zero-order chi connectivity index (χ0) is 54.9. The molecule has 0 aromatic carbocycles. The summed E-state index contributed by atoms with van der Waals surface area (Å²) in [6.45, 7) is 10.3. The fraction of sp³-hybridized carbons (Fsp3) is 0.962. The van der Waals surface area contributed by atoms with Gasteiger partial charge in [0.15, 0.2) is 25.2 Å². The summed E-state index contributed by atoms with van der Waals surface area (Å²) in [5, 5.41) is 161. The van der Waals surface area contributed by atoms with Gasteiger partial charge in [0.25, 0.3) is 0 Å². The van der Waals surface area contributed by atoms with Crippen molar-refractivity contribution in [3.05, 3.63) is 11.6 Å². The van der Waals surface area contributed by atoms with E-state index in [1.807, 2.05) is 19.9 Å². The van der Waals surface area contributed by atoms with Crippen LogP contribution in [0.4, 0.5) is 0 Å². The first-order valence-corrected chi connectivity index (χ1v) is 27.1. The number of aliphatic hydroxyl groups is 15. The number of hydrogen-bond acceptors (Lipinski definition) is 23. The van der Waals surface area contributed by atoms with Crippen LogP contribution >= 0.6 is 0 Å². The van der Waals surface area contributed by atoms with E-state index in [4.69, 9.17) is 37.9 Å². The van der Waals surface area contributed by atoms with Crippen LogP contribution in [0.15, 0.2) is 11.6 Å². The zero-order valence-electron chi connectivity index (χ0n) is 44.0. The smallest absolute Gasteiger partial charge is 0.187 e. The van der Waals surface area contributed by atoms with Crippen molar-refractivity contribution >= 4 is 0 Å². The van der Waals surface area contributed by atoms with E-state index in [2.05, 4.69) is 27.7 Å². The minimum atomic E-state index is -1.81. The second-order valence-corrected chi connectivity index (χ2v) is 24.5. The number of ether oxygens (including phenoxy) is 8. The lowest BCUT2D eigenvalue weighted by molar-refractivity contribution is -0.377. The third-order valence-electron chi connectivity index (χ3n) is 20.1. The van der Waals surface area contributed by atoms with Gasteiger partial charge in [-0.05, 0) is 117 Å². The van der Waals surface area contributed by atoms with E-state index in [9.17, 15) is 76.6 Å². The molecule has 434 valence electrons. The second-order valence-electron chi connectivity index (χ2n) is 24.5. The van der Waals surface area contributed by atoms with Crippen molar-refractivity contribution in [2.75, 3.05) is 33.0 Å². The molecule has 23 heteroatoms. The van der Waals surface area contributed by atoms with E-state index in [-0.39, 0.29) is 48.2 Å². The Morgan fingerprint density at radius 1 is 0.600 bits per heavy atom. The molecule has 15 N–H and O–H groups in total. The summed E-state index contributed by atoms with van der Waals surface area (Å²) in [5.41, 5.74) is -1.59. The van der Waals surface area contributed by atoms with Crippen molar-refractivity contribution in [2.24, 2.45) is 45.8 Å².